The summed E-state index contributed by atoms with van der Waals surface area (Å²) >= 11 is 0. The van der Waals surface area contributed by atoms with E-state index < -0.39 is 0 Å². The highest BCUT2D eigenvalue weighted by Crippen LogP contribution is 2.42. The van der Waals surface area contributed by atoms with Gasteiger partial charge in [-0.05, 0) is 29.5 Å². The van der Waals surface area contributed by atoms with Gasteiger partial charge in [0.05, 0.1) is 5.56 Å². The second-order valence-electron chi connectivity index (χ2n) is 4.81. The largest absolute Gasteiger partial charge is 0.504 e. The standard InChI is InChI=1S/C13H16O3/c1-6(2)8-5-10(14)13(16)11-9(8)4-7(3)12(11)15/h5-7,14,16H,4H2,1-3H3/t7-/m0/s1. The lowest BCUT2D eigenvalue weighted by atomic mass is 9.93. The van der Waals surface area contributed by atoms with Crippen LogP contribution >= 0.6 is 0 Å². The number of carbonyl (C=O) groups excluding carboxylic acids is 1. The lowest BCUT2D eigenvalue weighted by Crippen LogP contribution is -2.03. The first kappa shape index (κ1) is 11.0. The molecule has 1 aliphatic rings. The lowest BCUT2D eigenvalue weighted by molar-refractivity contribution is 0.0943. The number of phenols is 2. The SMILES string of the molecule is CC(C)c1cc(O)c(O)c2c1C[C@H](C)C2=O. The Bertz CT molecular complexity index is 461. The number of rotatable bonds is 1. The fourth-order valence-electron chi connectivity index (χ4n) is 2.36. The second-order valence-corrected chi connectivity index (χ2v) is 4.81. The highest BCUT2D eigenvalue weighted by molar-refractivity contribution is 6.05. The zero-order valence-electron chi connectivity index (χ0n) is 9.74. The monoisotopic (exact) mass is 220 g/mol. The number of aromatic hydroxyl groups is 2. The summed E-state index contributed by atoms with van der Waals surface area (Å²) in [6, 6.07) is 1.57. The van der Waals surface area contributed by atoms with E-state index in [0.717, 1.165) is 11.1 Å². The van der Waals surface area contributed by atoms with Gasteiger partial charge in [0.15, 0.2) is 17.3 Å². The van der Waals surface area contributed by atoms with Crippen molar-refractivity contribution in [2.45, 2.75) is 33.1 Å². The maximum absolute atomic E-state index is 11.9. The van der Waals surface area contributed by atoms with E-state index in [1.165, 1.54) is 0 Å². The van der Waals surface area contributed by atoms with E-state index >= 15 is 0 Å². The Morgan fingerprint density at radius 3 is 2.56 bits per heavy atom. The van der Waals surface area contributed by atoms with Crippen LogP contribution in [0.1, 0.15) is 48.2 Å². The van der Waals surface area contributed by atoms with E-state index in [1.54, 1.807) is 6.07 Å². The molecule has 1 aliphatic carbocycles. The Hall–Kier alpha value is -1.51. The molecular weight excluding hydrogens is 204 g/mol. The van der Waals surface area contributed by atoms with Crippen molar-refractivity contribution in [2.75, 3.05) is 0 Å². The first-order valence-corrected chi connectivity index (χ1v) is 5.55. The molecule has 16 heavy (non-hydrogen) atoms. The van der Waals surface area contributed by atoms with Crippen LogP contribution in [0.3, 0.4) is 0 Å². The van der Waals surface area contributed by atoms with Crippen LogP contribution in [0.15, 0.2) is 6.07 Å². The molecule has 0 aromatic heterocycles. The number of Topliss-reactive ketones (excluding diaryl/α,β-unsaturated/α-hetero) is 1. The molecule has 0 fully saturated rings. The van der Waals surface area contributed by atoms with Gasteiger partial charge < -0.3 is 10.2 Å². The summed E-state index contributed by atoms with van der Waals surface area (Å²) in [4.78, 5) is 11.9. The van der Waals surface area contributed by atoms with Gasteiger partial charge in [-0.25, -0.2) is 0 Å². The van der Waals surface area contributed by atoms with Crippen molar-refractivity contribution < 1.29 is 15.0 Å². The zero-order chi connectivity index (χ0) is 12.0. The molecule has 3 nitrogen and oxygen atoms in total. The van der Waals surface area contributed by atoms with Gasteiger partial charge in [0.1, 0.15) is 0 Å². The van der Waals surface area contributed by atoms with Crippen molar-refractivity contribution in [3.8, 4) is 11.5 Å². The highest BCUT2D eigenvalue weighted by Gasteiger charge is 2.33. The molecule has 1 atom stereocenters. The average molecular weight is 220 g/mol. The molecule has 0 bridgehead atoms. The predicted molar refractivity (Wildman–Crippen MR) is 61.1 cm³/mol. The van der Waals surface area contributed by atoms with E-state index in [4.69, 9.17) is 0 Å². The highest BCUT2D eigenvalue weighted by atomic mass is 16.3. The van der Waals surface area contributed by atoms with Crippen LogP contribution in [0.25, 0.3) is 0 Å². The van der Waals surface area contributed by atoms with E-state index in [0.29, 0.717) is 12.0 Å². The topological polar surface area (TPSA) is 57.5 Å². The van der Waals surface area contributed by atoms with Crippen LogP contribution in [-0.4, -0.2) is 16.0 Å². The van der Waals surface area contributed by atoms with E-state index in [2.05, 4.69) is 0 Å². The van der Waals surface area contributed by atoms with Gasteiger partial charge >= 0.3 is 0 Å². The van der Waals surface area contributed by atoms with Crippen LogP contribution in [0.2, 0.25) is 0 Å². The number of ketones is 1. The Balaban J connectivity index is 2.72. The third-order valence-electron chi connectivity index (χ3n) is 3.25. The molecule has 0 amide bonds. The van der Waals surface area contributed by atoms with Gasteiger partial charge in [0.2, 0.25) is 0 Å². The molecule has 0 radical (unpaired) electrons. The lowest BCUT2D eigenvalue weighted by Gasteiger charge is -2.13. The predicted octanol–water partition coefficient (Wildman–Crippen LogP) is 2.60. The van der Waals surface area contributed by atoms with Crippen LogP contribution in [0.5, 0.6) is 11.5 Å². The van der Waals surface area contributed by atoms with E-state index in [9.17, 15) is 15.0 Å². The number of benzene rings is 1. The first-order valence-electron chi connectivity index (χ1n) is 5.55. The molecule has 3 heteroatoms. The van der Waals surface area contributed by atoms with Crippen molar-refractivity contribution in [3.63, 3.8) is 0 Å². The Morgan fingerprint density at radius 2 is 2.00 bits per heavy atom. The summed E-state index contributed by atoms with van der Waals surface area (Å²) in [7, 11) is 0. The molecule has 0 heterocycles. The third kappa shape index (κ3) is 1.39. The molecular formula is C13H16O3. The number of carbonyl (C=O) groups is 1. The van der Waals surface area contributed by atoms with Crippen LogP contribution in [-0.2, 0) is 6.42 Å². The summed E-state index contributed by atoms with van der Waals surface area (Å²) < 4.78 is 0. The summed E-state index contributed by atoms with van der Waals surface area (Å²) in [5.74, 6) is -0.373. The smallest absolute Gasteiger partial charge is 0.170 e. The molecule has 86 valence electrons. The van der Waals surface area contributed by atoms with Gasteiger partial charge in [0.25, 0.3) is 0 Å². The zero-order valence-corrected chi connectivity index (χ0v) is 9.74. The van der Waals surface area contributed by atoms with E-state index in [1.807, 2.05) is 20.8 Å². The number of hydrogen-bond donors (Lipinski definition) is 2. The summed E-state index contributed by atoms with van der Waals surface area (Å²) in [6.07, 6.45) is 0.662. The van der Waals surface area contributed by atoms with Crippen molar-refractivity contribution in [1.29, 1.82) is 0 Å². The third-order valence-corrected chi connectivity index (χ3v) is 3.25. The van der Waals surface area contributed by atoms with Gasteiger partial charge in [-0.1, -0.05) is 20.8 Å². The van der Waals surface area contributed by atoms with Gasteiger partial charge in [0, 0.05) is 5.92 Å². The Kier molecular flexibility index (Phi) is 2.41. The van der Waals surface area contributed by atoms with Gasteiger partial charge in [-0.2, -0.15) is 0 Å². The maximum Gasteiger partial charge on any atom is 0.170 e. The summed E-state index contributed by atoms with van der Waals surface area (Å²) in [6.45, 7) is 5.88. The van der Waals surface area contributed by atoms with Crippen LogP contribution in [0, 0.1) is 5.92 Å². The average Bonchev–Trinajstić information content (AvgIpc) is 2.49. The minimum absolute atomic E-state index is 0.0645. The minimum atomic E-state index is -0.256. The van der Waals surface area contributed by atoms with E-state index in [-0.39, 0.29) is 29.1 Å². The molecule has 0 saturated heterocycles. The fourth-order valence-corrected chi connectivity index (χ4v) is 2.36. The summed E-state index contributed by atoms with van der Waals surface area (Å²) in [5, 5.41) is 19.4. The van der Waals surface area contributed by atoms with Crippen molar-refractivity contribution >= 4 is 5.78 Å². The molecule has 2 rings (SSSR count). The number of phenolic OH excluding ortho intramolecular Hbond substituents is 2. The molecule has 2 N–H and O–H groups in total. The number of hydrogen-bond acceptors (Lipinski definition) is 3. The molecule has 0 unspecified atom stereocenters. The van der Waals surface area contributed by atoms with Crippen molar-refractivity contribution in [1.82, 2.24) is 0 Å². The summed E-state index contributed by atoms with van der Waals surface area (Å²) in [5.41, 5.74) is 2.20. The first-order chi connectivity index (χ1) is 7.43. The molecule has 0 aliphatic heterocycles. The van der Waals surface area contributed by atoms with Crippen LogP contribution in [0.4, 0.5) is 0 Å². The molecule has 0 spiro atoms. The molecule has 1 aromatic rings. The van der Waals surface area contributed by atoms with Gasteiger partial charge in [-0.3, -0.25) is 4.79 Å². The number of fused-ring (bicyclic) bond motifs is 1. The normalized spacial score (nSPS) is 19.2. The van der Waals surface area contributed by atoms with Gasteiger partial charge in [-0.15, -0.1) is 0 Å². The fraction of sp³-hybridized carbons (Fsp3) is 0.462. The Morgan fingerprint density at radius 1 is 1.38 bits per heavy atom. The van der Waals surface area contributed by atoms with Crippen molar-refractivity contribution in [2.24, 2.45) is 5.92 Å². The minimum Gasteiger partial charge on any atom is -0.504 e. The Labute approximate surface area is 94.7 Å². The maximum atomic E-state index is 11.9. The molecule has 0 saturated carbocycles. The quantitative estimate of drug-likeness (QED) is 0.715. The second kappa shape index (κ2) is 3.51. The molecule has 1 aromatic carbocycles. The van der Waals surface area contributed by atoms with Crippen LogP contribution < -0.4 is 0 Å². The van der Waals surface area contributed by atoms with Crippen molar-refractivity contribution in [3.05, 3.63) is 22.8 Å².